The highest BCUT2D eigenvalue weighted by Gasteiger charge is 2.16. The molecule has 0 bridgehead atoms. The number of hydrogen-bond donors (Lipinski definition) is 4. The largest absolute Gasteiger partial charge is 0.480 e. The van der Waals surface area contributed by atoms with Gasteiger partial charge in [-0.25, -0.2) is 14.3 Å². The molecular weight excluding hydrogens is 332 g/mol. The summed E-state index contributed by atoms with van der Waals surface area (Å²) in [5.74, 6) is 0.371. The first kappa shape index (κ1) is 16.6. The van der Waals surface area contributed by atoms with Crippen LogP contribution < -0.4 is 15.8 Å². The van der Waals surface area contributed by atoms with Gasteiger partial charge in [0.1, 0.15) is 11.3 Å². The van der Waals surface area contributed by atoms with Crippen LogP contribution in [-0.4, -0.2) is 35.0 Å². The number of nitrogens with zero attached hydrogens (tertiary/aromatic N) is 3. The number of anilines is 2. The molecule has 3 aromatic rings. The van der Waals surface area contributed by atoms with Crippen molar-refractivity contribution in [2.45, 2.75) is 6.43 Å². The third-order valence-corrected chi connectivity index (χ3v) is 3.58. The van der Waals surface area contributed by atoms with Crippen molar-refractivity contribution in [3.05, 3.63) is 24.4 Å². The first-order valence-electron chi connectivity index (χ1n) is 7.26. The van der Waals surface area contributed by atoms with Gasteiger partial charge < -0.3 is 20.8 Å². The molecule has 0 aliphatic heterocycles. The van der Waals surface area contributed by atoms with Crippen LogP contribution in [0.25, 0.3) is 22.2 Å². The number of benzene rings is 1. The lowest BCUT2D eigenvalue weighted by molar-refractivity contribution is 0.163. The quantitative estimate of drug-likeness (QED) is 0.507. The van der Waals surface area contributed by atoms with Gasteiger partial charge in [0, 0.05) is 11.8 Å². The topological polar surface area (TPSA) is 125 Å². The van der Waals surface area contributed by atoms with Gasteiger partial charge in [-0.3, -0.25) is 0 Å². The predicted molar refractivity (Wildman–Crippen MR) is 89.6 cm³/mol. The first-order chi connectivity index (χ1) is 12.0. The maximum absolute atomic E-state index is 12.5. The molecule has 10 heteroatoms. The van der Waals surface area contributed by atoms with Crippen LogP contribution in [0.5, 0.6) is 5.88 Å². The van der Waals surface area contributed by atoms with Crippen LogP contribution in [0.15, 0.2) is 29.5 Å². The summed E-state index contributed by atoms with van der Waals surface area (Å²) < 4.78 is 30.2. The van der Waals surface area contributed by atoms with E-state index in [4.69, 9.17) is 16.0 Å². The Hall–Kier alpha value is -3.30. The highest BCUT2D eigenvalue weighted by molar-refractivity contribution is 5.98. The molecule has 0 atom stereocenters. The number of aromatic amines is 1. The Kier molecular flexibility index (Phi) is 4.42. The average Bonchev–Trinajstić information content (AvgIpc) is 3.02. The number of ether oxygens (including phenoxy) is 1. The Morgan fingerprint density at radius 2 is 2.20 bits per heavy atom. The standard InChI is InChI=1S/C15H15F2N7O/c1-25-14-12-8(5-21-13(12)22-15(18)23-14)7-2-3-9(24-19)10(4-7)20-6-11(16)17/h2-5,11,19-20H,6H2,1H3,(H3,18,21,22,23). The molecule has 8 nitrogen and oxygen atoms in total. The number of fused-ring (bicyclic) bond motifs is 1. The van der Waals surface area contributed by atoms with Crippen molar-refractivity contribution >= 4 is 28.4 Å². The van der Waals surface area contributed by atoms with Gasteiger partial charge in [-0.1, -0.05) is 6.07 Å². The first-order valence-corrected chi connectivity index (χ1v) is 7.26. The van der Waals surface area contributed by atoms with E-state index in [0.717, 1.165) is 0 Å². The maximum Gasteiger partial charge on any atom is 0.255 e. The fourth-order valence-electron chi connectivity index (χ4n) is 2.52. The Morgan fingerprint density at radius 3 is 2.88 bits per heavy atom. The molecule has 1 aromatic carbocycles. The molecule has 0 spiro atoms. The molecule has 130 valence electrons. The summed E-state index contributed by atoms with van der Waals surface area (Å²) in [7, 11) is 1.47. The van der Waals surface area contributed by atoms with Crippen molar-refractivity contribution in [3.8, 4) is 17.0 Å². The lowest BCUT2D eigenvalue weighted by atomic mass is 10.0. The molecule has 0 fully saturated rings. The molecule has 0 aliphatic carbocycles. The number of H-pyrrole nitrogens is 1. The van der Waals surface area contributed by atoms with Gasteiger partial charge in [-0.05, 0) is 17.7 Å². The molecule has 2 heterocycles. The van der Waals surface area contributed by atoms with E-state index >= 15 is 0 Å². The monoisotopic (exact) mass is 347 g/mol. The van der Waals surface area contributed by atoms with Crippen LogP contribution in [0.4, 0.5) is 26.1 Å². The second kappa shape index (κ2) is 6.67. The second-order valence-electron chi connectivity index (χ2n) is 5.13. The summed E-state index contributed by atoms with van der Waals surface area (Å²) in [5, 5.41) is 6.56. The van der Waals surface area contributed by atoms with Crippen LogP contribution >= 0.6 is 0 Å². The molecule has 0 aliphatic rings. The Bertz CT molecular complexity index is 926. The fraction of sp³-hybridized carbons (Fsp3) is 0.200. The van der Waals surface area contributed by atoms with Crippen molar-refractivity contribution in [1.82, 2.24) is 15.0 Å². The summed E-state index contributed by atoms with van der Waals surface area (Å²) in [5.41, 5.74) is 15.3. The van der Waals surface area contributed by atoms with Crippen LogP contribution in [0.2, 0.25) is 0 Å². The number of rotatable bonds is 6. The number of hydrogen-bond acceptors (Lipinski definition) is 7. The van der Waals surface area contributed by atoms with E-state index in [9.17, 15) is 8.78 Å². The van der Waals surface area contributed by atoms with Gasteiger partial charge >= 0.3 is 0 Å². The smallest absolute Gasteiger partial charge is 0.255 e. The molecule has 0 unspecified atom stereocenters. The predicted octanol–water partition coefficient (Wildman–Crippen LogP) is 3.56. The molecule has 0 radical (unpaired) electrons. The summed E-state index contributed by atoms with van der Waals surface area (Å²) >= 11 is 0. The van der Waals surface area contributed by atoms with Crippen molar-refractivity contribution < 1.29 is 13.5 Å². The van der Waals surface area contributed by atoms with E-state index in [0.29, 0.717) is 33.7 Å². The number of nitrogen functional groups attached to an aromatic ring is 1. The summed E-state index contributed by atoms with van der Waals surface area (Å²) in [6, 6.07) is 4.92. The van der Waals surface area contributed by atoms with E-state index in [1.54, 1.807) is 24.4 Å². The number of nitrogens with two attached hydrogens (primary N) is 1. The zero-order valence-electron chi connectivity index (χ0n) is 13.2. The zero-order valence-corrected chi connectivity index (χ0v) is 13.2. The molecule has 0 saturated heterocycles. The minimum atomic E-state index is -2.52. The van der Waals surface area contributed by atoms with Gasteiger partial charge in [0.05, 0.1) is 24.7 Å². The molecule has 5 N–H and O–H groups in total. The minimum absolute atomic E-state index is 0.0698. The van der Waals surface area contributed by atoms with Crippen molar-refractivity contribution in [2.24, 2.45) is 5.11 Å². The minimum Gasteiger partial charge on any atom is -0.480 e. The second-order valence-corrected chi connectivity index (χ2v) is 5.13. The number of nitrogens with one attached hydrogen (secondary N) is 3. The Labute approximate surface area is 140 Å². The van der Waals surface area contributed by atoms with E-state index in [1.807, 2.05) is 0 Å². The molecule has 2 aromatic heterocycles. The molecule has 0 amide bonds. The Balaban J connectivity index is 2.12. The number of halogens is 2. The average molecular weight is 347 g/mol. The number of aromatic nitrogens is 3. The van der Waals surface area contributed by atoms with Gasteiger partial charge in [-0.15, -0.1) is 0 Å². The van der Waals surface area contributed by atoms with Crippen molar-refractivity contribution in [3.63, 3.8) is 0 Å². The van der Waals surface area contributed by atoms with E-state index in [-0.39, 0.29) is 11.6 Å². The number of alkyl halides is 2. The van der Waals surface area contributed by atoms with Crippen LogP contribution in [-0.2, 0) is 0 Å². The van der Waals surface area contributed by atoms with Gasteiger partial charge in [0.2, 0.25) is 11.8 Å². The third kappa shape index (κ3) is 3.18. The van der Waals surface area contributed by atoms with Gasteiger partial charge in [0.15, 0.2) is 0 Å². The molecular formula is C15H15F2N7O. The van der Waals surface area contributed by atoms with Crippen molar-refractivity contribution in [2.75, 3.05) is 24.7 Å². The fourth-order valence-corrected chi connectivity index (χ4v) is 2.52. The lowest BCUT2D eigenvalue weighted by Crippen LogP contribution is -2.10. The maximum atomic E-state index is 12.5. The van der Waals surface area contributed by atoms with E-state index in [2.05, 4.69) is 25.4 Å². The lowest BCUT2D eigenvalue weighted by Gasteiger charge is -2.11. The zero-order chi connectivity index (χ0) is 18.0. The molecule has 3 rings (SSSR count). The van der Waals surface area contributed by atoms with Gasteiger partial charge in [0.25, 0.3) is 6.43 Å². The van der Waals surface area contributed by atoms with Crippen molar-refractivity contribution in [1.29, 1.82) is 5.53 Å². The van der Waals surface area contributed by atoms with Crippen LogP contribution in [0, 0.1) is 5.53 Å². The molecule has 25 heavy (non-hydrogen) atoms. The summed E-state index contributed by atoms with van der Waals surface area (Å²) in [6.07, 6.45) is -0.822. The number of methoxy groups -OCH3 is 1. The van der Waals surface area contributed by atoms with Crippen LogP contribution in [0.1, 0.15) is 0 Å². The summed E-state index contributed by atoms with van der Waals surface area (Å²) in [6.45, 7) is -0.539. The SMILES string of the molecule is COc1nc(N)nc2[nH]cc(-c3ccc(N=N)c(NCC(F)F)c3)c12. The summed E-state index contributed by atoms with van der Waals surface area (Å²) in [4.78, 5) is 11.2. The Morgan fingerprint density at radius 1 is 1.40 bits per heavy atom. The van der Waals surface area contributed by atoms with E-state index < -0.39 is 13.0 Å². The molecule has 0 saturated carbocycles. The highest BCUT2D eigenvalue weighted by atomic mass is 19.3. The van der Waals surface area contributed by atoms with Gasteiger partial charge in [-0.2, -0.15) is 15.1 Å². The van der Waals surface area contributed by atoms with Crippen LogP contribution in [0.3, 0.4) is 0 Å². The highest BCUT2D eigenvalue weighted by Crippen LogP contribution is 2.37. The third-order valence-electron chi connectivity index (χ3n) is 3.58. The van der Waals surface area contributed by atoms with E-state index in [1.165, 1.54) is 7.11 Å². The normalized spacial score (nSPS) is 11.0.